The van der Waals surface area contributed by atoms with Crippen LogP contribution in [0.4, 0.5) is 5.69 Å². The summed E-state index contributed by atoms with van der Waals surface area (Å²) in [6.07, 6.45) is 0. The Kier molecular flexibility index (Phi) is 7.18. The topological polar surface area (TPSA) is 58.6 Å². The largest absolute Gasteiger partial charge is 0.507 e. The van der Waals surface area contributed by atoms with E-state index in [1.807, 2.05) is 36.4 Å². The number of anilines is 1. The van der Waals surface area contributed by atoms with Gasteiger partial charge in [0.25, 0.3) is 5.91 Å². The van der Waals surface area contributed by atoms with Crippen LogP contribution < -0.4 is 10.1 Å². The number of rotatable bonds is 7. The van der Waals surface area contributed by atoms with Gasteiger partial charge in [-0.3, -0.25) is 4.79 Å². The molecule has 0 aliphatic heterocycles. The molecule has 0 aromatic heterocycles. The first-order valence-corrected chi connectivity index (χ1v) is 11.1. The fourth-order valence-corrected chi connectivity index (χ4v) is 3.88. The van der Waals surface area contributed by atoms with Crippen LogP contribution in [-0.2, 0) is 0 Å². The lowest BCUT2D eigenvalue weighted by molar-refractivity contribution is 0.102. The van der Waals surface area contributed by atoms with Crippen LogP contribution >= 0.6 is 23.2 Å². The molecule has 0 bridgehead atoms. The third-order valence-electron chi connectivity index (χ3n) is 5.20. The maximum Gasteiger partial charge on any atom is 0.259 e. The van der Waals surface area contributed by atoms with E-state index in [0.29, 0.717) is 28.1 Å². The number of phenols is 1. The highest BCUT2D eigenvalue weighted by atomic mass is 35.5. The van der Waals surface area contributed by atoms with Crippen LogP contribution in [0, 0.1) is 0 Å². The van der Waals surface area contributed by atoms with Crippen molar-refractivity contribution < 1.29 is 14.6 Å². The molecule has 0 saturated heterocycles. The molecule has 4 aromatic carbocycles. The molecule has 1 amide bonds. The first-order chi connectivity index (χ1) is 16.0. The van der Waals surface area contributed by atoms with Crippen molar-refractivity contribution >= 4 is 34.8 Å². The SMILES string of the molecule is O=C(Nc1cc(Cl)ccc1OCC(c1ccccc1)c1ccccc1)c1cc(Cl)ccc1O. The summed E-state index contributed by atoms with van der Waals surface area (Å²) in [5, 5.41) is 13.6. The maximum absolute atomic E-state index is 12.8. The lowest BCUT2D eigenvalue weighted by atomic mass is 9.92. The van der Waals surface area contributed by atoms with Crippen molar-refractivity contribution in [1.29, 1.82) is 0 Å². The minimum atomic E-state index is -0.523. The van der Waals surface area contributed by atoms with E-state index in [-0.39, 0.29) is 17.2 Å². The summed E-state index contributed by atoms with van der Waals surface area (Å²) < 4.78 is 6.19. The zero-order chi connectivity index (χ0) is 23.2. The smallest absolute Gasteiger partial charge is 0.259 e. The van der Waals surface area contributed by atoms with E-state index in [4.69, 9.17) is 27.9 Å². The standard InChI is InChI=1S/C27H21Cl2NO3/c28-20-11-13-25(31)22(15-20)27(32)30-24-16-21(29)12-14-26(24)33-17-23(18-7-3-1-4-8-18)19-9-5-2-6-10-19/h1-16,23,31H,17H2,(H,30,32). The van der Waals surface area contributed by atoms with Crippen molar-refractivity contribution in [3.63, 3.8) is 0 Å². The van der Waals surface area contributed by atoms with Crippen molar-refractivity contribution in [1.82, 2.24) is 0 Å². The molecular weight excluding hydrogens is 457 g/mol. The second kappa shape index (κ2) is 10.4. The number of hydrogen-bond acceptors (Lipinski definition) is 3. The highest BCUT2D eigenvalue weighted by Gasteiger charge is 2.18. The van der Waals surface area contributed by atoms with Crippen LogP contribution in [0.3, 0.4) is 0 Å². The average molecular weight is 478 g/mol. The molecule has 0 unspecified atom stereocenters. The third-order valence-corrected chi connectivity index (χ3v) is 5.67. The lowest BCUT2D eigenvalue weighted by Crippen LogP contribution is -2.15. The number of benzene rings is 4. The van der Waals surface area contributed by atoms with Gasteiger partial charge in [-0.15, -0.1) is 0 Å². The zero-order valence-corrected chi connectivity index (χ0v) is 19.1. The van der Waals surface area contributed by atoms with Gasteiger partial charge in [-0.05, 0) is 47.5 Å². The Morgan fingerprint density at radius 1 is 0.818 bits per heavy atom. The van der Waals surface area contributed by atoms with Gasteiger partial charge < -0.3 is 15.2 Å². The summed E-state index contributed by atoms with van der Waals surface area (Å²) in [6, 6.07) is 29.5. The van der Waals surface area contributed by atoms with Gasteiger partial charge in [-0.1, -0.05) is 83.9 Å². The van der Waals surface area contributed by atoms with E-state index in [0.717, 1.165) is 11.1 Å². The molecule has 0 radical (unpaired) electrons. The van der Waals surface area contributed by atoms with E-state index in [2.05, 4.69) is 29.6 Å². The minimum Gasteiger partial charge on any atom is -0.507 e. The first-order valence-electron chi connectivity index (χ1n) is 10.3. The van der Waals surface area contributed by atoms with E-state index in [1.54, 1.807) is 18.2 Å². The predicted molar refractivity (Wildman–Crippen MR) is 133 cm³/mol. The molecule has 0 atom stereocenters. The van der Waals surface area contributed by atoms with Crippen molar-refractivity contribution in [2.45, 2.75) is 5.92 Å². The quantitative estimate of drug-likeness (QED) is 0.296. The van der Waals surface area contributed by atoms with Gasteiger partial charge in [-0.25, -0.2) is 0 Å². The Hall–Kier alpha value is -3.47. The van der Waals surface area contributed by atoms with Crippen LogP contribution in [-0.4, -0.2) is 17.6 Å². The molecule has 0 saturated carbocycles. The monoisotopic (exact) mass is 477 g/mol. The fraction of sp³-hybridized carbons (Fsp3) is 0.0741. The highest BCUT2D eigenvalue weighted by molar-refractivity contribution is 6.31. The van der Waals surface area contributed by atoms with Gasteiger partial charge in [0, 0.05) is 16.0 Å². The molecule has 6 heteroatoms. The molecule has 0 heterocycles. The fourth-order valence-electron chi connectivity index (χ4n) is 3.53. The molecule has 33 heavy (non-hydrogen) atoms. The molecule has 0 fully saturated rings. The molecule has 0 aliphatic rings. The minimum absolute atomic E-state index is 0.0106. The van der Waals surface area contributed by atoms with E-state index < -0.39 is 5.91 Å². The molecule has 0 spiro atoms. The summed E-state index contributed by atoms with van der Waals surface area (Å²) in [6.45, 7) is 0.348. The number of hydrogen-bond donors (Lipinski definition) is 2. The number of halogens is 2. The molecule has 4 rings (SSSR count). The summed E-state index contributed by atoms with van der Waals surface area (Å²) in [5.41, 5.74) is 2.69. The van der Waals surface area contributed by atoms with Gasteiger partial charge in [0.1, 0.15) is 11.5 Å². The first kappa shape index (κ1) is 22.7. The number of amides is 1. The molecule has 166 valence electrons. The van der Waals surface area contributed by atoms with Gasteiger partial charge in [-0.2, -0.15) is 0 Å². The van der Waals surface area contributed by atoms with Gasteiger partial charge in [0.15, 0.2) is 0 Å². The number of carbonyl (C=O) groups excluding carboxylic acids is 1. The van der Waals surface area contributed by atoms with Crippen molar-refractivity contribution in [2.24, 2.45) is 0 Å². The molecule has 4 aromatic rings. The van der Waals surface area contributed by atoms with Crippen LogP contribution in [0.25, 0.3) is 0 Å². The van der Waals surface area contributed by atoms with Gasteiger partial charge in [0.2, 0.25) is 0 Å². The van der Waals surface area contributed by atoms with Crippen LogP contribution in [0.15, 0.2) is 97.1 Å². The Balaban J connectivity index is 1.59. The maximum atomic E-state index is 12.8. The van der Waals surface area contributed by atoms with Crippen LogP contribution in [0.5, 0.6) is 11.5 Å². The Morgan fingerprint density at radius 2 is 1.39 bits per heavy atom. The van der Waals surface area contributed by atoms with Crippen molar-refractivity contribution in [3.8, 4) is 11.5 Å². The van der Waals surface area contributed by atoms with Gasteiger partial charge in [0.05, 0.1) is 17.9 Å². The Morgan fingerprint density at radius 3 is 2.03 bits per heavy atom. The third kappa shape index (κ3) is 5.67. The summed E-state index contributed by atoms with van der Waals surface area (Å²) >= 11 is 12.2. The van der Waals surface area contributed by atoms with Crippen molar-refractivity contribution in [3.05, 3.63) is 124 Å². The summed E-state index contributed by atoms with van der Waals surface area (Å²) in [5.74, 6) is -0.242. The molecular formula is C27H21Cl2NO3. The lowest BCUT2D eigenvalue weighted by Gasteiger charge is -2.20. The number of aromatic hydroxyl groups is 1. The normalized spacial score (nSPS) is 10.8. The Bertz CT molecular complexity index is 1210. The zero-order valence-electron chi connectivity index (χ0n) is 17.5. The summed E-state index contributed by atoms with van der Waals surface area (Å²) in [4.78, 5) is 12.8. The van der Waals surface area contributed by atoms with E-state index >= 15 is 0 Å². The van der Waals surface area contributed by atoms with Crippen LogP contribution in [0.1, 0.15) is 27.4 Å². The highest BCUT2D eigenvalue weighted by Crippen LogP contribution is 2.32. The second-order valence-corrected chi connectivity index (χ2v) is 8.31. The average Bonchev–Trinajstić information content (AvgIpc) is 2.83. The second-order valence-electron chi connectivity index (χ2n) is 7.44. The van der Waals surface area contributed by atoms with E-state index in [1.165, 1.54) is 18.2 Å². The molecule has 0 aliphatic carbocycles. The van der Waals surface area contributed by atoms with Crippen molar-refractivity contribution in [2.75, 3.05) is 11.9 Å². The number of phenolic OH excluding ortho intramolecular Hbond substituents is 1. The Labute approximate surface area is 202 Å². The van der Waals surface area contributed by atoms with E-state index in [9.17, 15) is 9.90 Å². The van der Waals surface area contributed by atoms with Crippen LogP contribution in [0.2, 0.25) is 10.0 Å². The number of ether oxygens (including phenoxy) is 1. The summed E-state index contributed by atoms with van der Waals surface area (Å²) in [7, 11) is 0. The number of carbonyl (C=O) groups is 1. The predicted octanol–water partition coefficient (Wildman–Crippen LogP) is 7.16. The number of nitrogens with one attached hydrogen (secondary N) is 1. The molecule has 2 N–H and O–H groups in total. The molecule has 4 nitrogen and oxygen atoms in total. The van der Waals surface area contributed by atoms with Gasteiger partial charge >= 0.3 is 0 Å².